The van der Waals surface area contributed by atoms with E-state index in [9.17, 15) is 15.3 Å². The van der Waals surface area contributed by atoms with Gasteiger partial charge in [0.2, 0.25) is 6.10 Å². The Kier molecular flexibility index (Phi) is 9.70. The quantitative estimate of drug-likeness (QED) is 0.259. The lowest BCUT2D eigenvalue weighted by atomic mass is 9.71. The Balaban J connectivity index is 1.73. The molecule has 6 nitrogen and oxygen atoms in total. The van der Waals surface area contributed by atoms with E-state index in [0.717, 1.165) is 19.3 Å². The summed E-state index contributed by atoms with van der Waals surface area (Å²) in [6.07, 6.45) is 3.71. The first-order chi connectivity index (χ1) is 15.7. The van der Waals surface area contributed by atoms with Crippen LogP contribution in [-0.2, 0) is 14.2 Å². The average molecular weight is 468 g/mol. The zero-order valence-corrected chi connectivity index (χ0v) is 21.4. The van der Waals surface area contributed by atoms with Crippen LogP contribution in [0.2, 0.25) is 0 Å². The Labute approximate surface area is 200 Å². The van der Waals surface area contributed by atoms with Crippen LogP contribution in [0, 0.1) is 35.5 Å². The third-order valence-electron chi connectivity index (χ3n) is 8.35. The first-order valence-corrected chi connectivity index (χ1v) is 13.0. The first-order valence-electron chi connectivity index (χ1n) is 13.0. The highest BCUT2D eigenvalue weighted by atomic mass is 16.5. The highest BCUT2D eigenvalue weighted by Gasteiger charge is 2.51. The van der Waals surface area contributed by atoms with Crippen LogP contribution in [0.3, 0.4) is 0 Å². The van der Waals surface area contributed by atoms with Crippen LogP contribution in [0.15, 0.2) is 11.6 Å². The number of allylic oxidation sites excluding steroid dienone is 2. The van der Waals surface area contributed by atoms with Gasteiger partial charge in [0.1, 0.15) is 18.4 Å². The smallest absolute Gasteiger partial charge is 0.204 e. The summed E-state index contributed by atoms with van der Waals surface area (Å²) in [6, 6.07) is 0. The molecule has 0 aromatic carbocycles. The van der Waals surface area contributed by atoms with Crippen LogP contribution in [0.1, 0.15) is 67.2 Å². The van der Waals surface area contributed by atoms with Gasteiger partial charge in [-0.2, -0.15) is 0 Å². The standard InChI is InChI=1S/C27H47O6/c1-7-8-31-14-24-21(12-22-17(4)18(5)26(30)23(13-28)32-22)25(29)19(6)27(33-24)16(3)11-20-9-15(2)10-20/h9,15,17-19,21-30H,7-8,10-14H2,1-6H3/q+1. The third-order valence-corrected chi connectivity index (χ3v) is 8.35. The number of aliphatic hydroxyl groups excluding tert-OH is 3. The Bertz CT molecular complexity index is 636. The molecular weight excluding hydrogens is 420 g/mol. The number of ether oxygens (including phenoxy) is 3. The van der Waals surface area contributed by atoms with Crippen LogP contribution < -0.4 is 0 Å². The summed E-state index contributed by atoms with van der Waals surface area (Å²) in [4.78, 5) is 0. The monoisotopic (exact) mass is 467 g/mol. The van der Waals surface area contributed by atoms with Crippen molar-refractivity contribution >= 4 is 0 Å². The van der Waals surface area contributed by atoms with Crippen molar-refractivity contribution in [3.05, 3.63) is 17.6 Å². The second kappa shape index (κ2) is 11.9. The maximum Gasteiger partial charge on any atom is 0.204 e. The van der Waals surface area contributed by atoms with E-state index in [0.29, 0.717) is 25.6 Å². The largest absolute Gasteiger partial charge is 0.394 e. The third kappa shape index (κ3) is 6.14. The van der Waals surface area contributed by atoms with Gasteiger partial charge in [0.15, 0.2) is 0 Å². The van der Waals surface area contributed by atoms with Gasteiger partial charge in [-0.3, -0.25) is 0 Å². The van der Waals surface area contributed by atoms with Gasteiger partial charge in [0, 0.05) is 12.5 Å². The topological polar surface area (TPSA) is 88.4 Å². The average Bonchev–Trinajstić information content (AvgIpc) is 2.77. The maximum atomic E-state index is 11.5. The Morgan fingerprint density at radius 3 is 2.30 bits per heavy atom. The van der Waals surface area contributed by atoms with E-state index in [1.807, 2.05) is 6.92 Å². The number of hydrogen-bond donors (Lipinski definition) is 3. The Morgan fingerprint density at radius 1 is 1.00 bits per heavy atom. The van der Waals surface area contributed by atoms with Gasteiger partial charge in [-0.25, -0.2) is 0 Å². The van der Waals surface area contributed by atoms with Gasteiger partial charge in [-0.05, 0) is 42.6 Å². The van der Waals surface area contributed by atoms with Crippen LogP contribution in [-0.4, -0.2) is 71.8 Å². The molecule has 0 saturated carbocycles. The molecule has 2 aliphatic heterocycles. The molecule has 2 fully saturated rings. The molecule has 1 aliphatic carbocycles. The lowest BCUT2D eigenvalue weighted by molar-refractivity contribution is -0.215. The van der Waals surface area contributed by atoms with E-state index in [1.165, 1.54) is 11.5 Å². The summed E-state index contributed by atoms with van der Waals surface area (Å²) < 4.78 is 18.7. The predicted molar refractivity (Wildman–Crippen MR) is 129 cm³/mol. The fourth-order valence-electron chi connectivity index (χ4n) is 6.04. The van der Waals surface area contributed by atoms with Gasteiger partial charge < -0.3 is 29.5 Å². The van der Waals surface area contributed by atoms with E-state index in [2.05, 4.69) is 40.7 Å². The summed E-state index contributed by atoms with van der Waals surface area (Å²) in [5.41, 5.74) is 1.47. The number of rotatable bonds is 10. The van der Waals surface area contributed by atoms with Gasteiger partial charge in [-0.15, -0.1) is 0 Å². The molecule has 190 valence electrons. The van der Waals surface area contributed by atoms with Gasteiger partial charge in [0.25, 0.3) is 0 Å². The van der Waals surface area contributed by atoms with Gasteiger partial charge in [-0.1, -0.05) is 40.7 Å². The van der Waals surface area contributed by atoms with Crippen LogP contribution in [0.5, 0.6) is 0 Å². The van der Waals surface area contributed by atoms with E-state index in [1.54, 1.807) is 0 Å². The molecule has 11 atom stereocenters. The molecule has 0 radical (unpaired) electrons. The summed E-state index contributed by atoms with van der Waals surface area (Å²) in [7, 11) is 0. The molecule has 11 unspecified atom stereocenters. The van der Waals surface area contributed by atoms with E-state index in [-0.39, 0.29) is 48.6 Å². The second-order valence-corrected chi connectivity index (χ2v) is 11.1. The van der Waals surface area contributed by atoms with E-state index >= 15 is 0 Å². The summed E-state index contributed by atoms with van der Waals surface area (Å²) in [6.45, 7) is 13.6. The first kappa shape index (κ1) is 27.0. The SMILES string of the molecule is CCCOCC1OC([C+](C)CC2=CC(C)C2)C(C)C(O)C1CC1OC(CO)C(O)C(C)C1C. The van der Waals surface area contributed by atoms with Crippen molar-refractivity contribution in [3.63, 3.8) is 0 Å². The van der Waals surface area contributed by atoms with E-state index < -0.39 is 18.3 Å². The zero-order valence-electron chi connectivity index (χ0n) is 21.4. The van der Waals surface area contributed by atoms with Crippen molar-refractivity contribution in [3.8, 4) is 0 Å². The summed E-state index contributed by atoms with van der Waals surface area (Å²) >= 11 is 0. The molecule has 2 saturated heterocycles. The minimum absolute atomic E-state index is 0.0104. The highest BCUT2D eigenvalue weighted by molar-refractivity contribution is 5.22. The van der Waals surface area contributed by atoms with Crippen molar-refractivity contribution in [2.45, 2.75) is 104 Å². The Morgan fingerprint density at radius 2 is 1.70 bits per heavy atom. The molecule has 3 aliphatic rings. The van der Waals surface area contributed by atoms with Gasteiger partial charge >= 0.3 is 0 Å². The summed E-state index contributed by atoms with van der Waals surface area (Å²) in [5, 5.41) is 31.6. The second-order valence-electron chi connectivity index (χ2n) is 11.1. The zero-order chi connectivity index (χ0) is 24.3. The molecule has 0 aromatic heterocycles. The minimum atomic E-state index is -0.679. The predicted octanol–water partition coefficient (Wildman–Crippen LogP) is 3.53. The molecule has 0 amide bonds. The lowest BCUT2D eigenvalue weighted by Crippen LogP contribution is -2.56. The molecule has 6 heteroatoms. The lowest BCUT2D eigenvalue weighted by Gasteiger charge is -2.47. The van der Waals surface area contributed by atoms with Crippen molar-refractivity contribution < 1.29 is 29.5 Å². The Hall–Kier alpha value is -0.630. The highest BCUT2D eigenvalue weighted by Crippen LogP contribution is 2.43. The van der Waals surface area contributed by atoms with Crippen LogP contribution >= 0.6 is 0 Å². The van der Waals surface area contributed by atoms with Crippen molar-refractivity contribution in [2.75, 3.05) is 19.8 Å². The van der Waals surface area contributed by atoms with Gasteiger partial charge in [0.05, 0.1) is 50.5 Å². The molecule has 33 heavy (non-hydrogen) atoms. The molecule has 0 bridgehead atoms. The number of aliphatic hydroxyl groups is 3. The summed E-state index contributed by atoms with van der Waals surface area (Å²) in [5.74, 6) is 1.92. The van der Waals surface area contributed by atoms with Crippen molar-refractivity contribution in [2.24, 2.45) is 29.6 Å². The molecule has 0 aromatic rings. The number of hydrogen-bond acceptors (Lipinski definition) is 6. The molecule has 0 spiro atoms. The maximum absolute atomic E-state index is 11.5. The van der Waals surface area contributed by atoms with E-state index in [4.69, 9.17) is 14.2 Å². The molecule has 3 rings (SSSR count). The fraction of sp³-hybridized carbons (Fsp3) is 0.889. The molecule has 2 heterocycles. The van der Waals surface area contributed by atoms with Crippen LogP contribution in [0.4, 0.5) is 0 Å². The molecule has 3 N–H and O–H groups in total. The van der Waals surface area contributed by atoms with Crippen molar-refractivity contribution in [1.29, 1.82) is 0 Å². The minimum Gasteiger partial charge on any atom is -0.394 e. The van der Waals surface area contributed by atoms with Crippen LogP contribution in [0.25, 0.3) is 0 Å². The normalized spacial score (nSPS) is 43.7. The molecular formula is C27H47O6+. The van der Waals surface area contributed by atoms with Crippen molar-refractivity contribution in [1.82, 2.24) is 0 Å². The fourth-order valence-corrected chi connectivity index (χ4v) is 6.04.